The van der Waals surface area contributed by atoms with Crippen molar-refractivity contribution in [2.75, 3.05) is 39.4 Å². The Labute approximate surface area is 197 Å². The normalized spacial score (nSPS) is 31.2. The van der Waals surface area contributed by atoms with Crippen LogP contribution in [0.1, 0.15) is 51.4 Å². The molecular weight excluding hydrogens is 418 g/mol. The van der Waals surface area contributed by atoms with Crippen molar-refractivity contribution < 1.29 is 19.1 Å². The molecule has 0 spiro atoms. The predicted molar refractivity (Wildman–Crippen MR) is 125 cm³/mol. The molecule has 180 valence electrons. The van der Waals surface area contributed by atoms with Crippen LogP contribution in [0, 0.1) is 59.2 Å². The summed E-state index contributed by atoms with van der Waals surface area (Å²) in [5, 5.41) is 8.74. The van der Waals surface area contributed by atoms with E-state index in [1.807, 2.05) is 0 Å². The van der Waals surface area contributed by atoms with Crippen LogP contribution in [0.3, 0.4) is 0 Å². The molecule has 0 aromatic heterocycles. The van der Waals surface area contributed by atoms with E-state index < -0.39 is 0 Å². The number of alkyl carbamates (subject to hydrolysis) is 2. The molecule has 2 saturated carbocycles. The van der Waals surface area contributed by atoms with E-state index in [0.29, 0.717) is 74.9 Å². The summed E-state index contributed by atoms with van der Waals surface area (Å²) in [4.78, 5) is 23.8. The molecule has 4 rings (SSSR count). The van der Waals surface area contributed by atoms with Gasteiger partial charge in [0.15, 0.2) is 0 Å². The van der Waals surface area contributed by atoms with Gasteiger partial charge in [0.2, 0.25) is 0 Å². The van der Waals surface area contributed by atoms with Gasteiger partial charge in [-0.2, -0.15) is 0 Å². The van der Waals surface area contributed by atoms with E-state index in [1.54, 1.807) is 0 Å². The topological polar surface area (TPSA) is 88.7 Å². The quantitative estimate of drug-likeness (QED) is 0.348. The summed E-state index contributed by atoms with van der Waals surface area (Å²) in [7, 11) is 0. The van der Waals surface area contributed by atoms with Gasteiger partial charge in [-0.15, -0.1) is 23.7 Å². The van der Waals surface area contributed by atoms with Crippen LogP contribution >= 0.6 is 0 Å². The first-order chi connectivity index (χ1) is 16.2. The van der Waals surface area contributed by atoms with Gasteiger partial charge in [-0.05, 0) is 61.2 Å². The molecule has 0 aromatic rings. The van der Waals surface area contributed by atoms with Gasteiger partial charge in [-0.1, -0.05) is 0 Å². The molecule has 33 heavy (non-hydrogen) atoms. The molecule has 0 bridgehead atoms. The van der Waals surface area contributed by atoms with Crippen LogP contribution < -0.4 is 16.0 Å². The van der Waals surface area contributed by atoms with Crippen molar-refractivity contribution in [1.29, 1.82) is 0 Å². The molecule has 2 fully saturated rings. The summed E-state index contributed by atoms with van der Waals surface area (Å²) in [6, 6.07) is 0. The molecule has 7 nitrogen and oxygen atoms in total. The SMILES string of the molecule is O=C(NCCNCCNC(=O)OC[C@@H]1[C@@H]2CCC#CCC[C@@H]21)OC[C@@H]1[C@@H]2CCC#CCC[C@@H]21. The highest BCUT2D eigenvalue weighted by molar-refractivity contribution is 5.67. The molecular formula is C26H37N3O4. The first-order valence-corrected chi connectivity index (χ1v) is 12.7. The zero-order valence-electron chi connectivity index (χ0n) is 19.5. The summed E-state index contributed by atoms with van der Waals surface area (Å²) < 4.78 is 10.8. The number of hydrogen-bond donors (Lipinski definition) is 3. The third kappa shape index (κ3) is 7.30. The molecule has 6 atom stereocenters. The number of carbonyl (C=O) groups excluding carboxylic acids is 2. The zero-order chi connectivity index (χ0) is 22.9. The van der Waals surface area contributed by atoms with Gasteiger partial charge in [0.25, 0.3) is 0 Å². The molecule has 0 aromatic carbocycles. The van der Waals surface area contributed by atoms with Crippen molar-refractivity contribution in [2.45, 2.75) is 51.4 Å². The minimum Gasteiger partial charge on any atom is -0.449 e. The fraction of sp³-hybridized carbons (Fsp3) is 0.769. The highest BCUT2D eigenvalue weighted by Crippen LogP contribution is 2.53. The third-order valence-corrected chi connectivity index (χ3v) is 7.63. The Kier molecular flexibility index (Phi) is 8.78. The molecule has 0 aliphatic heterocycles. The first kappa shape index (κ1) is 23.8. The standard InChI is InChI=1S/C26H37N3O4/c30-25(32-17-23-19-9-5-1-2-6-10-20(19)23)28-15-13-27-14-16-29-26(31)33-18-24-21-11-7-3-4-8-12-22(21)24/h19-24,27H,5-18H2,(H,28,30)(H,29,31)/t19-,20+,21-,22+,23-,24-. The van der Waals surface area contributed by atoms with Crippen LogP contribution in [0.25, 0.3) is 0 Å². The zero-order valence-corrected chi connectivity index (χ0v) is 19.5. The van der Waals surface area contributed by atoms with Crippen LogP contribution in [0.2, 0.25) is 0 Å². The fourth-order valence-corrected chi connectivity index (χ4v) is 5.64. The molecule has 0 unspecified atom stereocenters. The number of carbonyl (C=O) groups is 2. The number of fused-ring (bicyclic) bond motifs is 2. The van der Waals surface area contributed by atoms with Crippen molar-refractivity contribution in [2.24, 2.45) is 35.5 Å². The minimum absolute atomic E-state index is 0.354. The highest BCUT2D eigenvalue weighted by atomic mass is 16.6. The predicted octanol–water partition coefficient (Wildman–Crippen LogP) is 2.91. The lowest BCUT2D eigenvalue weighted by molar-refractivity contribution is 0.137. The smallest absolute Gasteiger partial charge is 0.407 e. The Morgan fingerprint density at radius 1 is 0.606 bits per heavy atom. The molecule has 0 heterocycles. The van der Waals surface area contributed by atoms with E-state index in [-0.39, 0.29) is 12.2 Å². The van der Waals surface area contributed by atoms with Crippen LogP contribution in [-0.4, -0.2) is 51.6 Å². The second-order valence-corrected chi connectivity index (χ2v) is 9.65. The first-order valence-electron chi connectivity index (χ1n) is 12.7. The van der Waals surface area contributed by atoms with Crippen LogP contribution in [-0.2, 0) is 9.47 Å². The van der Waals surface area contributed by atoms with Crippen molar-refractivity contribution in [1.82, 2.24) is 16.0 Å². The van der Waals surface area contributed by atoms with Gasteiger partial charge < -0.3 is 25.4 Å². The average molecular weight is 456 g/mol. The molecule has 7 heteroatoms. The number of amides is 2. The van der Waals surface area contributed by atoms with Gasteiger partial charge in [-0.25, -0.2) is 9.59 Å². The van der Waals surface area contributed by atoms with Crippen molar-refractivity contribution in [3.8, 4) is 23.7 Å². The Balaban J connectivity index is 0.946. The van der Waals surface area contributed by atoms with Crippen molar-refractivity contribution in [3.63, 3.8) is 0 Å². The average Bonchev–Trinajstić information content (AvgIpc) is 3.63. The number of nitrogens with one attached hydrogen (secondary N) is 3. The van der Waals surface area contributed by atoms with E-state index in [0.717, 1.165) is 51.4 Å². The van der Waals surface area contributed by atoms with Crippen LogP contribution in [0.15, 0.2) is 0 Å². The van der Waals surface area contributed by atoms with Gasteiger partial charge in [0, 0.05) is 51.9 Å². The lowest BCUT2D eigenvalue weighted by Gasteiger charge is -2.09. The summed E-state index contributed by atoms with van der Waals surface area (Å²) in [6.07, 6.45) is 7.72. The maximum atomic E-state index is 11.9. The van der Waals surface area contributed by atoms with Crippen LogP contribution in [0.4, 0.5) is 9.59 Å². The van der Waals surface area contributed by atoms with Crippen molar-refractivity contribution >= 4 is 12.2 Å². The summed E-state index contributed by atoms with van der Waals surface area (Å²) >= 11 is 0. The second kappa shape index (κ2) is 12.2. The van der Waals surface area contributed by atoms with E-state index in [4.69, 9.17) is 9.47 Å². The van der Waals surface area contributed by atoms with Gasteiger partial charge in [-0.3, -0.25) is 0 Å². The van der Waals surface area contributed by atoms with E-state index in [9.17, 15) is 9.59 Å². The summed E-state index contributed by atoms with van der Waals surface area (Å²) in [5.41, 5.74) is 0. The summed E-state index contributed by atoms with van der Waals surface area (Å²) in [5.74, 6) is 16.6. The van der Waals surface area contributed by atoms with E-state index in [2.05, 4.69) is 39.6 Å². The highest BCUT2D eigenvalue weighted by Gasteiger charge is 2.50. The molecule has 2 amide bonds. The second-order valence-electron chi connectivity index (χ2n) is 9.65. The Hall–Kier alpha value is -2.38. The van der Waals surface area contributed by atoms with Crippen LogP contribution in [0.5, 0.6) is 0 Å². The fourth-order valence-electron chi connectivity index (χ4n) is 5.64. The lowest BCUT2D eigenvalue weighted by Crippen LogP contribution is -2.37. The largest absolute Gasteiger partial charge is 0.449 e. The molecule has 4 aliphatic carbocycles. The third-order valence-electron chi connectivity index (χ3n) is 7.63. The summed E-state index contributed by atoms with van der Waals surface area (Å²) in [6.45, 7) is 3.23. The van der Waals surface area contributed by atoms with E-state index in [1.165, 1.54) is 0 Å². The maximum Gasteiger partial charge on any atom is 0.407 e. The molecule has 0 saturated heterocycles. The van der Waals surface area contributed by atoms with Gasteiger partial charge >= 0.3 is 12.2 Å². The van der Waals surface area contributed by atoms with Gasteiger partial charge in [0.1, 0.15) is 0 Å². The molecule has 3 N–H and O–H groups in total. The Morgan fingerprint density at radius 3 is 1.33 bits per heavy atom. The number of rotatable bonds is 10. The number of hydrogen-bond acceptors (Lipinski definition) is 5. The van der Waals surface area contributed by atoms with Gasteiger partial charge in [0.05, 0.1) is 13.2 Å². The van der Waals surface area contributed by atoms with Crippen molar-refractivity contribution in [3.05, 3.63) is 0 Å². The minimum atomic E-state index is -0.354. The maximum absolute atomic E-state index is 11.9. The lowest BCUT2D eigenvalue weighted by atomic mass is 10.1. The monoisotopic (exact) mass is 455 g/mol. The molecule has 0 radical (unpaired) electrons. The Morgan fingerprint density at radius 2 is 0.970 bits per heavy atom. The molecule has 4 aliphatic rings. The van der Waals surface area contributed by atoms with E-state index >= 15 is 0 Å². The number of ether oxygens (including phenoxy) is 2. The Bertz CT molecular complexity index is 706.